The van der Waals surface area contributed by atoms with E-state index >= 15 is 0 Å². The molecule has 1 heterocycles. The quantitative estimate of drug-likeness (QED) is 0.786. The predicted octanol–water partition coefficient (Wildman–Crippen LogP) is 2.94. The standard InChI is InChI=1S/C19H21N3O3.ClH/c1-3-6-14(20)17(23)21-15-10-9-13-16-11(15)7-5-8-12(16)18(24)22(4-2)19(13)25;/h5,7-10,14H,3-4,6,20H2,1-2H3,(H,21,23);1H. The largest absolute Gasteiger partial charge is 0.324 e. The number of imide groups is 1. The maximum Gasteiger partial charge on any atom is 0.261 e. The van der Waals surface area contributed by atoms with Gasteiger partial charge in [0, 0.05) is 34.1 Å². The second kappa shape index (κ2) is 7.85. The minimum Gasteiger partial charge on any atom is -0.324 e. The van der Waals surface area contributed by atoms with Gasteiger partial charge in [0.1, 0.15) is 0 Å². The third-order valence-corrected chi connectivity index (χ3v) is 4.50. The first-order chi connectivity index (χ1) is 12.0. The molecule has 1 atom stereocenters. The highest BCUT2D eigenvalue weighted by Gasteiger charge is 2.32. The van der Waals surface area contributed by atoms with Crippen LogP contribution in [0.15, 0.2) is 30.3 Å². The van der Waals surface area contributed by atoms with Crippen LogP contribution < -0.4 is 11.1 Å². The molecule has 0 radical (unpaired) electrons. The van der Waals surface area contributed by atoms with Gasteiger partial charge in [-0.1, -0.05) is 25.5 Å². The van der Waals surface area contributed by atoms with E-state index in [0.29, 0.717) is 40.6 Å². The molecule has 3 N–H and O–H groups in total. The molecule has 0 bridgehead atoms. The molecule has 3 rings (SSSR count). The number of carbonyl (C=O) groups is 3. The summed E-state index contributed by atoms with van der Waals surface area (Å²) in [5, 5.41) is 4.08. The Morgan fingerprint density at radius 3 is 2.38 bits per heavy atom. The zero-order valence-corrected chi connectivity index (χ0v) is 15.6. The van der Waals surface area contributed by atoms with Gasteiger partial charge in [-0.25, -0.2) is 0 Å². The Bertz CT molecular complexity index is 859. The highest BCUT2D eigenvalue weighted by Crippen LogP contribution is 2.34. The Kier molecular flexibility index (Phi) is 6.00. The number of rotatable bonds is 5. The second-order valence-corrected chi connectivity index (χ2v) is 6.13. The van der Waals surface area contributed by atoms with Crippen LogP contribution in [-0.2, 0) is 4.79 Å². The average Bonchev–Trinajstić information content (AvgIpc) is 2.61. The normalized spacial score (nSPS) is 14.2. The summed E-state index contributed by atoms with van der Waals surface area (Å²) >= 11 is 0. The summed E-state index contributed by atoms with van der Waals surface area (Å²) in [5.41, 5.74) is 7.38. The van der Waals surface area contributed by atoms with E-state index in [0.717, 1.165) is 6.42 Å². The number of hydrogen-bond donors (Lipinski definition) is 2. The number of anilines is 1. The van der Waals surface area contributed by atoms with E-state index in [2.05, 4.69) is 5.32 Å². The Hall–Kier alpha value is -2.44. The van der Waals surface area contributed by atoms with Crippen molar-refractivity contribution in [1.29, 1.82) is 0 Å². The molecule has 6 nitrogen and oxygen atoms in total. The van der Waals surface area contributed by atoms with Gasteiger partial charge >= 0.3 is 0 Å². The lowest BCUT2D eigenvalue weighted by atomic mass is 9.93. The molecule has 2 aromatic rings. The Balaban J connectivity index is 0.00000243. The van der Waals surface area contributed by atoms with Crippen molar-refractivity contribution in [2.24, 2.45) is 5.73 Å². The number of carbonyl (C=O) groups excluding carboxylic acids is 3. The molecule has 0 spiro atoms. The molecule has 1 aliphatic rings. The molecule has 0 saturated heterocycles. The van der Waals surface area contributed by atoms with Gasteiger partial charge in [0.15, 0.2) is 0 Å². The maximum absolute atomic E-state index is 12.6. The van der Waals surface area contributed by atoms with Crippen molar-refractivity contribution < 1.29 is 14.4 Å². The van der Waals surface area contributed by atoms with Crippen LogP contribution in [0.25, 0.3) is 10.8 Å². The van der Waals surface area contributed by atoms with E-state index in [1.165, 1.54) is 4.90 Å². The molecular weight excluding hydrogens is 354 g/mol. The van der Waals surface area contributed by atoms with Crippen LogP contribution in [0, 0.1) is 0 Å². The number of nitrogens with zero attached hydrogens (tertiary/aromatic N) is 1. The molecule has 1 unspecified atom stereocenters. The van der Waals surface area contributed by atoms with Crippen molar-refractivity contribution in [3.8, 4) is 0 Å². The number of amides is 3. The lowest BCUT2D eigenvalue weighted by Gasteiger charge is -2.26. The summed E-state index contributed by atoms with van der Waals surface area (Å²) in [7, 11) is 0. The molecule has 7 heteroatoms. The smallest absolute Gasteiger partial charge is 0.261 e. The maximum atomic E-state index is 12.6. The van der Waals surface area contributed by atoms with Crippen molar-refractivity contribution in [3.05, 3.63) is 41.5 Å². The highest BCUT2D eigenvalue weighted by atomic mass is 35.5. The van der Waals surface area contributed by atoms with Crippen LogP contribution in [0.3, 0.4) is 0 Å². The number of hydrogen-bond acceptors (Lipinski definition) is 4. The van der Waals surface area contributed by atoms with E-state index in [-0.39, 0.29) is 30.1 Å². The Labute approximate surface area is 158 Å². The summed E-state index contributed by atoms with van der Waals surface area (Å²) in [4.78, 5) is 38.6. The first kappa shape index (κ1) is 19.9. The van der Waals surface area contributed by atoms with E-state index < -0.39 is 6.04 Å². The first-order valence-electron chi connectivity index (χ1n) is 8.47. The molecule has 0 fully saturated rings. The van der Waals surface area contributed by atoms with E-state index in [4.69, 9.17) is 5.73 Å². The monoisotopic (exact) mass is 375 g/mol. The van der Waals surface area contributed by atoms with Crippen LogP contribution in [0.1, 0.15) is 47.4 Å². The van der Waals surface area contributed by atoms with Crippen LogP contribution in [-0.4, -0.2) is 35.2 Å². The third kappa shape index (κ3) is 3.18. The Morgan fingerprint density at radius 2 is 1.77 bits per heavy atom. The molecular formula is C19H22ClN3O3. The van der Waals surface area contributed by atoms with Crippen molar-refractivity contribution in [2.45, 2.75) is 32.7 Å². The summed E-state index contributed by atoms with van der Waals surface area (Å²) < 4.78 is 0. The predicted molar refractivity (Wildman–Crippen MR) is 104 cm³/mol. The van der Waals surface area contributed by atoms with E-state index in [9.17, 15) is 14.4 Å². The molecule has 138 valence electrons. The van der Waals surface area contributed by atoms with Crippen molar-refractivity contribution in [2.75, 3.05) is 11.9 Å². The number of halogens is 1. The van der Waals surface area contributed by atoms with Crippen molar-refractivity contribution in [3.63, 3.8) is 0 Å². The van der Waals surface area contributed by atoms with Gasteiger partial charge in [-0.3, -0.25) is 19.3 Å². The lowest BCUT2D eigenvalue weighted by Crippen LogP contribution is -2.40. The summed E-state index contributed by atoms with van der Waals surface area (Å²) in [6.07, 6.45) is 1.41. The molecule has 1 aliphatic heterocycles. The van der Waals surface area contributed by atoms with E-state index in [1.54, 1.807) is 37.3 Å². The molecule has 0 saturated carbocycles. The van der Waals surface area contributed by atoms with Gasteiger partial charge in [0.25, 0.3) is 11.8 Å². The van der Waals surface area contributed by atoms with E-state index in [1.807, 2.05) is 6.92 Å². The highest BCUT2D eigenvalue weighted by molar-refractivity contribution is 6.27. The van der Waals surface area contributed by atoms with Crippen LogP contribution in [0.4, 0.5) is 5.69 Å². The topological polar surface area (TPSA) is 92.5 Å². The SMILES string of the molecule is CCCC(N)C(=O)Nc1ccc2c3c(cccc13)C(=O)N(CC)C2=O.Cl. The van der Waals surface area contributed by atoms with Crippen LogP contribution in [0.5, 0.6) is 0 Å². The van der Waals surface area contributed by atoms with Crippen LogP contribution in [0.2, 0.25) is 0 Å². The van der Waals surface area contributed by atoms with Crippen molar-refractivity contribution >= 4 is 46.6 Å². The summed E-state index contributed by atoms with van der Waals surface area (Å²) in [6.45, 7) is 4.05. The van der Waals surface area contributed by atoms with Gasteiger partial charge in [-0.2, -0.15) is 0 Å². The fourth-order valence-electron chi connectivity index (χ4n) is 3.21. The van der Waals surface area contributed by atoms with Crippen LogP contribution >= 0.6 is 12.4 Å². The molecule has 26 heavy (non-hydrogen) atoms. The minimum atomic E-state index is -0.588. The zero-order chi connectivity index (χ0) is 18.1. The fourth-order valence-corrected chi connectivity index (χ4v) is 3.21. The third-order valence-electron chi connectivity index (χ3n) is 4.50. The molecule has 0 aromatic heterocycles. The summed E-state index contributed by atoms with van der Waals surface area (Å²) in [6, 6.07) is 8.02. The number of benzene rings is 2. The van der Waals surface area contributed by atoms with Gasteiger partial charge < -0.3 is 11.1 Å². The molecule has 0 aliphatic carbocycles. The first-order valence-corrected chi connectivity index (χ1v) is 8.47. The summed E-state index contributed by atoms with van der Waals surface area (Å²) in [5.74, 6) is -0.889. The Morgan fingerprint density at radius 1 is 1.12 bits per heavy atom. The van der Waals surface area contributed by atoms with Gasteiger partial charge in [-0.15, -0.1) is 12.4 Å². The lowest BCUT2D eigenvalue weighted by molar-refractivity contribution is -0.117. The van der Waals surface area contributed by atoms with Gasteiger partial charge in [0.05, 0.1) is 6.04 Å². The average molecular weight is 376 g/mol. The second-order valence-electron chi connectivity index (χ2n) is 6.13. The molecule has 3 amide bonds. The van der Waals surface area contributed by atoms with Crippen molar-refractivity contribution in [1.82, 2.24) is 4.90 Å². The zero-order valence-electron chi connectivity index (χ0n) is 14.7. The number of nitrogens with one attached hydrogen (secondary N) is 1. The van der Waals surface area contributed by atoms with Gasteiger partial charge in [0.2, 0.25) is 5.91 Å². The fraction of sp³-hybridized carbons (Fsp3) is 0.316. The number of nitrogens with two attached hydrogens (primary N) is 1. The van der Waals surface area contributed by atoms with Gasteiger partial charge in [-0.05, 0) is 31.5 Å². The molecule has 2 aromatic carbocycles. The minimum absolute atomic E-state index is 0.